The Balaban J connectivity index is 1.44. The Morgan fingerprint density at radius 3 is 2.79 bits per heavy atom. The van der Waals surface area contributed by atoms with Gasteiger partial charge in [-0.15, -0.1) is 0 Å². The summed E-state index contributed by atoms with van der Waals surface area (Å²) in [6.45, 7) is 7.36. The van der Waals surface area contributed by atoms with Crippen LogP contribution < -0.4 is 9.64 Å². The van der Waals surface area contributed by atoms with E-state index in [1.165, 1.54) is 18.1 Å². The number of fused-ring (bicyclic) bond motifs is 4. The van der Waals surface area contributed by atoms with Gasteiger partial charge in [-0.05, 0) is 105 Å². The zero-order valence-electron chi connectivity index (χ0n) is 25.1. The highest BCUT2D eigenvalue weighted by Gasteiger charge is 2.44. The van der Waals surface area contributed by atoms with Crippen LogP contribution in [-0.4, -0.2) is 47.1 Å². The van der Waals surface area contributed by atoms with E-state index < -0.39 is 16.5 Å². The lowest BCUT2D eigenvalue weighted by atomic mass is 9.68. The van der Waals surface area contributed by atoms with Crippen molar-refractivity contribution in [1.82, 2.24) is 0 Å². The SMILES string of the molecule is CC(=O)O[C@H]1/C=C/C[C@H](C)[C@@H](C)/[SH](=O)=N\C(=O)c2ccc3c(c2)N(CC2CC[C@H]21)C[C@@]1(CCCc2cc(Cl)ccc21)CO3. The Hall–Kier alpha value is -2.84. The quantitative estimate of drug-likeness (QED) is 0.220. The van der Waals surface area contributed by atoms with Crippen molar-refractivity contribution >= 4 is 39.8 Å². The van der Waals surface area contributed by atoms with Crippen LogP contribution in [0.25, 0.3) is 0 Å². The minimum absolute atomic E-state index is 0.0415. The number of aryl methyl sites for hydroxylation is 1. The zero-order valence-corrected chi connectivity index (χ0v) is 26.8. The highest BCUT2D eigenvalue weighted by atomic mass is 35.5. The van der Waals surface area contributed by atoms with Gasteiger partial charge in [-0.25, -0.2) is 0 Å². The summed E-state index contributed by atoms with van der Waals surface area (Å²) in [5.41, 5.74) is 3.58. The third-order valence-electron chi connectivity index (χ3n) is 10.1. The number of ether oxygens (including phenoxy) is 2. The number of carbonyl (C=O) groups is 2. The highest BCUT2D eigenvalue weighted by Crippen LogP contribution is 2.47. The number of nitrogens with zero attached hydrogens (tertiary/aromatic N) is 2. The molecule has 7 atom stereocenters. The summed E-state index contributed by atoms with van der Waals surface area (Å²) >= 11 is 6.41. The van der Waals surface area contributed by atoms with Gasteiger partial charge in [0.15, 0.2) is 0 Å². The van der Waals surface area contributed by atoms with Crippen molar-refractivity contribution in [3.63, 3.8) is 0 Å². The molecule has 2 bridgehead atoms. The number of rotatable bonds is 1. The van der Waals surface area contributed by atoms with Gasteiger partial charge in [0.05, 0.1) is 12.3 Å². The number of thiol groups is 1. The summed E-state index contributed by atoms with van der Waals surface area (Å²) in [4.78, 5) is 27.8. The van der Waals surface area contributed by atoms with Gasteiger partial charge in [0.1, 0.15) is 11.9 Å². The molecule has 2 unspecified atom stereocenters. The number of hydrogen-bond acceptors (Lipinski definition) is 6. The van der Waals surface area contributed by atoms with Crippen molar-refractivity contribution in [2.75, 3.05) is 24.6 Å². The van der Waals surface area contributed by atoms with Crippen LogP contribution in [0, 0.1) is 17.8 Å². The van der Waals surface area contributed by atoms with Crippen molar-refractivity contribution in [2.45, 2.75) is 76.1 Å². The van der Waals surface area contributed by atoms with E-state index in [1.807, 2.05) is 44.2 Å². The first kappa shape index (κ1) is 30.2. The van der Waals surface area contributed by atoms with E-state index in [4.69, 9.17) is 21.1 Å². The largest absolute Gasteiger partial charge is 0.490 e. The minimum atomic E-state index is -2.11. The Kier molecular flexibility index (Phi) is 8.62. The van der Waals surface area contributed by atoms with E-state index in [0.29, 0.717) is 24.5 Å². The van der Waals surface area contributed by atoms with Gasteiger partial charge in [-0.2, -0.15) is 4.36 Å². The summed E-state index contributed by atoms with van der Waals surface area (Å²) in [6.07, 6.45) is 9.43. The number of allylic oxidation sites excluding steroid dienone is 1. The van der Waals surface area contributed by atoms with Gasteiger partial charge in [0, 0.05) is 57.8 Å². The maximum Gasteiger partial charge on any atom is 0.303 e. The molecule has 2 aromatic rings. The van der Waals surface area contributed by atoms with Crippen LogP contribution >= 0.6 is 11.6 Å². The second-order valence-electron chi connectivity index (χ2n) is 13.0. The molecule has 1 amide bonds. The predicted molar refractivity (Wildman–Crippen MR) is 171 cm³/mol. The summed E-state index contributed by atoms with van der Waals surface area (Å²) < 4.78 is 29.8. The van der Waals surface area contributed by atoms with E-state index in [2.05, 4.69) is 21.4 Å². The molecule has 0 saturated heterocycles. The van der Waals surface area contributed by atoms with Crippen LogP contribution in [0.3, 0.4) is 0 Å². The smallest absolute Gasteiger partial charge is 0.303 e. The molecule has 2 heterocycles. The molecule has 2 aromatic carbocycles. The topological polar surface area (TPSA) is 85.3 Å². The number of esters is 1. The lowest BCUT2D eigenvalue weighted by Gasteiger charge is -2.45. The molecular weight excluding hydrogens is 584 g/mol. The van der Waals surface area contributed by atoms with Crippen molar-refractivity contribution < 1.29 is 23.3 Å². The Morgan fingerprint density at radius 1 is 1.19 bits per heavy atom. The molecule has 7 nitrogen and oxygen atoms in total. The van der Waals surface area contributed by atoms with Crippen LogP contribution in [0.4, 0.5) is 5.69 Å². The van der Waals surface area contributed by atoms with Crippen LogP contribution in [0.2, 0.25) is 5.02 Å². The maximum atomic E-state index is 13.3. The van der Waals surface area contributed by atoms with Crippen LogP contribution in [0.5, 0.6) is 5.75 Å². The molecule has 1 fully saturated rings. The molecule has 2 aliphatic carbocycles. The standard InChI is InChI=1S/C34H41ClN2O5S/c1-21-6-4-8-31(42-23(3)38)28-12-9-26(28)18-37-19-34(15-5-7-24-16-27(35)11-13-29(24)34)20-41-32-14-10-25(17-30(32)37)33(39)36-43(40)22(21)2/h4,8,10-11,13-14,16-17,21-22,26,28,31,43H,5-7,9,12,15,18-20H2,1-3H3/b8-4+/t21-,22+,26?,28+,31-,34-/m0/s1. The first-order valence-electron chi connectivity index (χ1n) is 15.5. The number of carbonyl (C=O) groups excluding carboxylic acids is 2. The molecule has 1 saturated carbocycles. The maximum absolute atomic E-state index is 13.3. The molecule has 230 valence electrons. The van der Waals surface area contributed by atoms with Gasteiger partial charge in [0.2, 0.25) is 0 Å². The first-order chi connectivity index (χ1) is 20.6. The number of amides is 1. The van der Waals surface area contributed by atoms with E-state index in [1.54, 1.807) is 6.07 Å². The Labute approximate surface area is 261 Å². The zero-order chi connectivity index (χ0) is 30.3. The summed E-state index contributed by atoms with van der Waals surface area (Å²) in [5, 5.41) is 0.468. The predicted octanol–water partition coefficient (Wildman–Crippen LogP) is 6.56. The van der Waals surface area contributed by atoms with Crippen molar-refractivity contribution in [2.24, 2.45) is 22.1 Å². The van der Waals surface area contributed by atoms with Gasteiger partial charge < -0.3 is 14.4 Å². The fourth-order valence-electron chi connectivity index (χ4n) is 7.33. The normalized spacial score (nSPS) is 33.5. The van der Waals surface area contributed by atoms with E-state index >= 15 is 0 Å². The van der Waals surface area contributed by atoms with E-state index in [-0.39, 0.29) is 34.6 Å². The second kappa shape index (κ2) is 12.3. The molecule has 4 aliphatic rings. The molecule has 0 N–H and O–H groups in total. The van der Waals surface area contributed by atoms with Crippen molar-refractivity contribution in [1.29, 1.82) is 0 Å². The second-order valence-corrected chi connectivity index (χ2v) is 15.0. The Bertz CT molecular complexity index is 1530. The number of hydrogen-bond donors (Lipinski definition) is 1. The van der Waals surface area contributed by atoms with Gasteiger partial charge >= 0.3 is 5.97 Å². The molecule has 9 heteroatoms. The third kappa shape index (κ3) is 6.10. The summed E-state index contributed by atoms with van der Waals surface area (Å²) in [5.74, 6) is 0.519. The van der Waals surface area contributed by atoms with Crippen LogP contribution in [0.15, 0.2) is 52.9 Å². The minimum Gasteiger partial charge on any atom is -0.490 e. The summed E-state index contributed by atoms with van der Waals surface area (Å²) in [6, 6.07) is 11.7. The molecule has 2 aliphatic heterocycles. The van der Waals surface area contributed by atoms with Gasteiger partial charge in [0.25, 0.3) is 5.91 Å². The van der Waals surface area contributed by atoms with Crippen LogP contribution in [-0.2, 0) is 32.0 Å². The average molecular weight is 625 g/mol. The van der Waals surface area contributed by atoms with Crippen molar-refractivity contribution in [3.8, 4) is 5.75 Å². The molecule has 0 aromatic heterocycles. The molecule has 0 radical (unpaired) electrons. The van der Waals surface area contributed by atoms with Gasteiger partial charge in [-0.1, -0.05) is 30.7 Å². The van der Waals surface area contributed by atoms with E-state index in [0.717, 1.165) is 61.7 Å². The Morgan fingerprint density at radius 2 is 2.02 bits per heavy atom. The third-order valence-corrected chi connectivity index (χ3v) is 12.0. The monoisotopic (exact) mass is 624 g/mol. The fourth-order valence-corrected chi connectivity index (χ4v) is 8.55. The molecular formula is C34H41ClN2O5S. The number of anilines is 1. The highest BCUT2D eigenvalue weighted by molar-refractivity contribution is 7.76. The number of benzene rings is 2. The first-order valence-corrected chi connectivity index (χ1v) is 17.2. The van der Waals surface area contributed by atoms with Crippen molar-refractivity contribution in [3.05, 3.63) is 70.3 Å². The molecule has 1 spiro atoms. The van der Waals surface area contributed by atoms with Gasteiger partial charge in [-0.3, -0.25) is 13.8 Å². The fraction of sp³-hybridized carbons (Fsp3) is 0.529. The molecule has 6 rings (SSSR count). The number of halogens is 1. The molecule has 43 heavy (non-hydrogen) atoms. The summed E-state index contributed by atoms with van der Waals surface area (Å²) in [7, 11) is -2.11. The van der Waals surface area contributed by atoms with Crippen LogP contribution in [0.1, 0.15) is 74.4 Å². The average Bonchev–Trinajstić information content (AvgIpc) is 3.10. The van der Waals surface area contributed by atoms with E-state index in [9.17, 15) is 13.8 Å². The lowest BCUT2D eigenvalue weighted by Crippen LogP contribution is -2.49. The lowest BCUT2D eigenvalue weighted by molar-refractivity contribution is -0.149.